The second-order valence-electron chi connectivity index (χ2n) is 8.65. The van der Waals surface area contributed by atoms with Crippen LogP contribution in [-0.4, -0.2) is 42.1 Å². The molecule has 0 spiro atoms. The lowest BCUT2D eigenvalue weighted by Gasteiger charge is -2.25. The molecule has 1 fully saturated rings. The zero-order valence-electron chi connectivity index (χ0n) is 17.8. The van der Waals surface area contributed by atoms with Gasteiger partial charge in [0.2, 0.25) is 0 Å². The van der Waals surface area contributed by atoms with Gasteiger partial charge in [0.25, 0.3) is 0 Å². The number of hydrogen-bond donors (Lipinski definition) is 1. The number of rotatable bonds is 5. The largest absolute Gasteiger partial charge is 0.384 e. The minimum absolute atomic E-state index is 0.0392. The highest BCUT2D eigenvalue weighted by Crippen LogP contribution is 2.35. The van der Waals surface area contributed by atoms with Crippen LogP contribution in [0.1, 0.15) is 30.2 Å². The molecule has 4 nitrogen and oxygen atoms in total. The van der Waals surface area contributed by atoms with Crippen LogP contribution in [0.5, 0.6) is 0 Å². The van der Waals surface area contributed by atoms with Gasteiger partial charge in [-0.2, -0.15) is 0 Å². The third kappa shape index (κ3) is 4.37. The zero-order chi connectivity index (χ0) is 21.2. The van der Waals surface area contributed by atoms with E-state index >= 15 is 0 Å². The van der Waals surface area contributed by atoms with Crippen molar-refractivity contribution in [3.8, 4) is 0 Å². The van der Waals surface area contributed by atoms with Gasteiger partial charge in [-0.3, -0.25) is 4.90 Å². The lowest BCUT2D eigenvalue weighted by Crippen LogP contribution is -2.29. The molecule has 5 heteroatoms. The van der Waals surface area contributed by atoms with E-state index in [0.29, 0.717) is 0 Å². The average molecular weight is 407 g/mol. The fourth-order valence-electron chi connectivity index (χ4n) is 3.79. The predicted octanol–water partition coefficient (Wildman–Crippen LogP) is 5.13. The molecule has 2 amide bonds. The summed E-state index contributed by atoms with van der Waals surface area (Å²) in [5.41, 5.74) is 5.30. The second kappa shape index (κ2) is 8.42. The summed E-state index contributed by atoms with van der Waals surface area (Å²) < 4.78 is 0. The monoisotopic (exact) mass is 406 g/mol. The van der Waals surface area contributed by atoms with Gasteiger partial charge in [-0.1, -0.05) is 80.3 Å². The molecule has 1 aliphatic heterocycles. The van der Waals surface area contributed by atoms with Gasteiger partial charge in [0, 0.05) is 7.05 Å². The number of aliphatic hydroxyl groups is 1. The number of hydrogen-bond acceptors (Lipinski definition) is 2. The molecule has 1 aliphatic rings. The molecule has 0 radical (unpaired) electrons. The van der Waals surface area contributed by atoms with Gasteiger partial charge in [-0.15, -0.1) is 5.73 Å². The minimum atomic E-state index is -1.89. The molecule has 0 unspecified atom stereocenters. The maximum atomic E-state index is 12.9. The van der Waals surface area contributed by atoms with Crippen LogP contribution >= 0.6 is 0 Å². The Morgan fingerprint density at radius 2 is 1.62 bits per heavy atom. The van der Waals surface area contributed by atoms with Gasteiger partial charge < -0.3 is 10.0 Å². The van der Waals surface area contributed by atoms with Crippen LogP contribution in [0.3, 0.4) is 0 Å². The van der Waals surface area contributed by atoms with Crippen LogP contribution in [0.4, 0.5) is 4.79 Å². The molecule has 3 rings (SSSR count). The Balaban J connectivity index is 2.06. The lowest BCUT2D eigenvalue weighted by atomic mass is 10.0. The van der Waals surface area contributed by atoms with Crippen LogP contribution in [0, 0.1) is 0 Å². The molecule has 2 aromatic rings. The summed E-state index contributed by atoms with van der Waals surface area (Å²) in [6.07, 6.45) is 1.03. The van der Waals surface area contributed by atoms with Crippen molar-refractivity contribution in [3.05, 3.63) is 88.9 Å². The van der Waals surface area contributed by atoms with E-state index in [0.717, 1.165) is 16.3 Å². The topological polar surface area (TPSA) is 43.8 Å². The van der Waals surface area contributed by atoms with Crippen molar-refractivity contribution < 1.29 is 9.90 Å². The van der Waals surface area contributed by atoms with Gasteiger partial charge in [-0.25, -0.2) is 4.79 Å². The molecule has 1 N–H and O–H groups in total. The first-order chi connectivity index (χ1) is 13.7. The lowest BCUT2D eigenvalue weighted by molar-refractivity contribution is 0.204. The number of benzene rings is 2. The maximum Gasteiger partial charge on any atom is 0.325 e. The van der Waals surface area contributed by atoms with Crippen molar-refractivity contribution >= 4 is 14.1 Å². The van der Waals surface area contributed by atoms with Crippen LogP contribution in [0.2, 0.25) is 19.6 Å². The normalized spacial score (nSPS) is 20.4. The minimum Gasteiger partial charge on any atom is -0.384 e. The van der Waals surface area contributed by atoms with E-state index in [1.165, 1.54) is 0 Å². The summed E-state index contributed by atoms with van der Waals surface area (Å²) in [6, 6.07) is 19.6. The molecule has 1 saturated heterocycles. The van der Waals surface area contributed by atoms with Crippen LogP contribution in [0.15, 0.2) is 77.8 Å². The van der Waals surface area contributed by atoms with Gasteiger partial charge >= 0.3 is 6.03 Å². The second-order valence-corrected chi connectivity index (χ2v) is 13.7. The molecule has 1 heterocycles. The van der Waals surface area contributed by atoms with Crippen LogP contribution < -0.4 is 0 Å². The van der Waals surface area contributed by atoms with Gasteiger partial charge in [0.15, 0.2) is 0 Å². The van der Waals surface area contributed by atoms with Crippen molar-refractivity contribution in [1.29, 1.82) is 0 Å². The molecule has 152 valence electrons. The third-order valence-electron chi connectivity index (χ3n) is 5.59. The van der Waals surface area contributed by atoms with Crippen LogP contribution in [0.25, 0.3) is 0 Å². The summed E-state index contributed by atoms with van der Waals surface area (Å²) in [5.74, 6) is 0. The molecule has 2 aromatic carbocycles. The highest BCUT2D eigenvalue weighted by Gasteiger charge is 2.41. The highest BCUT2D eigenvalue weighted by atomic mass is 28.3. The standard InChI is InChI=1S/C24H30N2O2Si/c1-18-22(19-12-8-6-9-13-19)26(24(28)25(18)2)17-16-21(29(3,4)5)23(27)20-14-10-7-11-15-20/h6-15,17-18,22-23,27H,1-5H3/t16?,18-,22-,23-/m0/s1. The molecular weight excluding hydrogens is 376 g/mol. The van der Waals surface area contributed by atoms with E-state index in [-0.39, 0.29) is 18.1 Å². The van der Waals surface area contributed by atoms with Crippen molar-refractivity contribution in [3.63, 3.8) is 0 Å². The Kier molecular flexibility index (Phi) is 6.13. The summed E-state index contributed by atoms with van der Waals surface area (Å²) >= 11 is 0. The van der Waals surface area contributed by atoms with Gasteiger partial charge in [-0.05, 0) is 23.2 Å². The summed E-state index contributed by atoms with van der Waals surface area (Å²) in [5, 5.41) is 11.9. The SMILES string of the molecule is C[C@H]1[C@@H](c2ccccc2)N(C=C=C([C@@H](O)c2ccccc2)[Si](C)(C)C)C(=O)N1C. The first kappa shape index (κ1) is 21.1. The number of carbonyl (C=O) groups is 1. The zero-order valence-corrected chi connectivity index (χ0v) is 18.8. The molecule has 29 heavy (non-hydrogen) atoms. The number of nitrogens with zero attached hydrogens (tertiary/aromatic N) is 2. The Labute approximate surface area is 174 Å². The van der Waals surface area contributed by atoms with Crippen molar-refractivity contribution in [2.75, 3.05) is 7.05 Å². The van der Waals surface area contributed by atoms with Crippen molar-refractivity contribution in [2.45, 2.75) is 44.8 Å². The molecule has 0 bridgehead atoms. The van der Waals surface area contributed by atoms with E-state index < -0.39 is 14.2 Å². The number of amides is 2. The fourth-order valence-corrected chi connectivity index (χ4v) is 5.28. The summed E-state index contributed by atoms with van der Waals surface area (Å²) in [4.78, 5) is 16.4. The first-order valence-electron chi connectivity index (χ1n) is 10.0. The molecular formula is C24H30N2O2Si. The Bertz CT molecular complexity index is 915. The fraction of sp³-hybridized carbons (Fsp3) is 0.333. The Morgan fingerprint density at radius 1 is 1.07 bits per heavy atom. The molecule has 0 saturated carbocycles. The predicted molar refractivity (Wildman–Crippen MR) is 120 cm³/mol. The number of likely N-dealkylation sites (N-methyl/N-ethyl adjacent to an activating group) is 1. The first-order valence-corrected chi connectivity index (χ1v) is 13.5. The van der Waals surface area contributed by atoms with E-state index in [9.17, 15) is 9.90 Å². The van der Waals surface area contributed by atoms with Crippen molar-refractivity contribution in [2.24, 2.45) is 0 Å². The number of urea groups is 1. The third-order valence-corrected chi connectivity index (χ3v) is 7.62. The summed E-state index contributed by atoms with van der Waals surface area (Å²) in [6.45, 7) is 8.62. The average Bonchev–Trinajstić information content (AvgIpc) is 2.92. The van der Waals surface area contributed by atoms with Gasteiger partial charge in [0.1, 0.15) is 6.10 Å². The van der Waals surface area contributed by atoms with Crippen LogP contribution in [-0.2, 0) is 0 Å². The van der Waals surface area contributed by atoms with Crippen molar-refractivity contribution in [1.82, 2.24) is 9.80 Å². The van der Waals surface area contributed by atoms with E-state index in [2.05, 4.69) is 44.4 Å². The quantitative estimate of drug-likeness (QED) is 0.552. The molecule has 0 aliphatic carbocycles. The van der Waals surface area contributed by atoms with E-state index in [1.807, 2.05) is 55.6 Å². The van der Waals surface area contributed by atoms with E-state index in [4.69, 9.17) is 0 Å². The van der Waals surface area contributed by atoms with E-state index in [1.54, 1.807) is 16.0 Å². The maximum absolute atomic E-state index is 12.9. The summed E-state index contributed by atoms with van der Waals surface area (Å²) in [7, 11) is -0.0570. The Morgan fingerprint density at radius 3 is 2.17 bits per heavy atom. The highest BCUT2D eigenvalue weighted by molar-refractivity contribution is 6.83. The molecule has 0 aromatic heterocycles. The van der Waals surface area contributed by atoms with Gasteiger partial charge in [0.05, 0.1) is 26.4 Å². The Hall–Kier alpha value is -2.59. The smallest absolute Gasteiger partial charge is 0.325 e. The number of carbonyl (C=O) groups excluding carboxylic acids is 1. The number of aliphatic hydroxyl groups excluding tert-OH is 1. The molecule has 3 atom stereocenters.